The number of likely N-dealkylation sites (N-methyl/N-ethyl adjacent to an activating group) is 1. The van der Waals surface area contributed by atoms with Crippen LogP contribution in [0.15, 0.2) is 21.9 Å². The number of hydrogen-bond acceptors (Lipinski definition) is 6. The highest BCUT2D eigenvalue weighted by Crippen LogP contribution is 2.42. The molecule has 1 aromatic heterocycles. The predicted octanol–water partition coefficient (Wildman–Crippen LogP) is -1.51. The van der Waals surface area contributed by atoms with Crippen molar-refractivity contribution in [3.63, 3.8) is 0 Å². The average Bonchev–Trinajstić information content (AvgIpc) is 3.00. The molecule has 2 rings (SSSR count). The Kier molecular flexibility index (Phi) is 5.96. The number of rotatable bonds is 6. The van der Waals surface area contributed by atoms with Gasteiger partial charge in [-0.05, 0) is 12.8 Å². The van der Waals surface area contributed by atoms with Crippen molar-refractivity contribution in [2.45, 2.75) is 31.0 Å². The van der Waals surface area contributed by atoms with Crippen LogP contribution in [-0.2, 0) is 25.9 Å². The van der Waals surface area contributed by atoms with Crippen LogP contribution in [0.4, 0.5) is 0 Å². The maximum atomic E-state index is 12.1. The van der Waals surface area contributed by atoms with Crippen LogP contribution in [0.3, 0.4) is 0 Å². The van der Waals surface area contributed by atoms with E-state index in [0.29, 0.717) is 12.8 Å². The minimum Gasteiger partial charge on any atom is -0.356 e. The van der Waals surface area contributed by atoms with Gasteiger partial charge in [-0.1, -0.05) is 0 Å². The summed E-state index contributed by atoms with van der Waals surface area (Å²) in [6.45, 7) is -0.222. The third-order valence-corrected chi connectivity index (χ3v) is 4.82. The third kappa shape index (κ3) is 4.44. The zero-order valence-electron chi connectivity index (χ0n) is 13.7. The minimum atomic E-state index is -4.78. The summed E-state index contributed by atoms with van der Waals surface area (Å²) in [4.78, 5) is 53.4. The molecular weight excluding hydrogens is 357 g/mol. The summed E-state index contributed by atoms with van der Waals surface area (Å²) < 4.78 is 24.2. The summed E-state index contributed by atoms with van der Waals surface area (Å²) >= 11 is 0. The monoisotopic (exact) mass is 377 g/mol. The molecule has 1 amide bonds. The van der Waals surface area contributed by atoms with Crippen LogP contribution in [0.1, 0.15) is 19.1 Å². The van der Waals surface area contributed by atoms with Gasteiger partial charge in [-0.15, -0.1) is 0 Å². The Labute approximate surface area is 142 Å². The van der Waals surface area contributed by atoms with E-state index in [2.05, 4.69) is 5.32 Å². The number of ether oxygens (including phenoxy) is 2. The van der Waals surface area contributed by atoms with Crippen molar-refractivity contribution in [2.75, 3.05) is 13.7 Å². The van der Waals surface area contributed by atoms with Gasteiger partial charge >= 0.3 is 13.3 Å². The number of aromatic nitrogens is 2. The van der Waals surface area contributed by atoms with Crippen LogP contribution < -0.4 is 16.6 Å². The molecule has 1 aliphatic rings. The lowest BCUT2D eigenvalue weighted by Crippen LogP contribution is -2.39. The molecule has 1 aliphatic heterocycles. The molecule has 0 saturated carbocycles. The zero-order valence-corrected chi connectivity index (χ0v) is 14.6. The van der Waals surface area contributed by atoms with Crippen molar-refractivity contribution in [2.24, 2.45) is 7.05 Å². The molecule has 0 aromatic carbocycles. The minimum absolute atomic E-state index is 0.222. The number of hydrogen-bond donors (Lipinski definition) is 3. The highest BCUT2D eigenvalue weighted by atomic mass is 31.2. The van der Waals surface area contributed by atoms with Gasteiger partial charge in [0.15, 0.2) is 0 Å². The molecule has 0 bridgehead atoms. The molecule has 1 unspecified atom stereocenters. The van der Waals surface area contributed by atoms with Crippen LogP contribution in [-0.4, -0.2) is 50.4 Å². The Morgan fingerprint density at radius 3 is 2.76 bits per heavy atom. The van der Waals surface area contributed by atoms with E-state index in [1.165, 1.54) is 30.9 Å². The zero-order chi connectivity index (χ0) is 18.8. The summed E-state index contributed by atoms with van der Waals surface area (Å²) in [5.41, 5.74) is -0.966. The second-order valence-electron chi connectivity index (χ2n) is 5.58. The summed E-state index contributed by atoms with van der Waals surface area (Å²) in [5.74, 6) is -2.85. The quantitative estimate of drug-likeness (QED) is 0.507. The van der Waals surface area contributed by atoms with E-state index in [0.717, 1.165) is 4.57 Å². The Morgan fingerprint density at radius 2 is 2.16 bits per heavy atom. The molecule has 140 valence electrons. The van der Waals surface area contributed by atoms with Crippen LogP contribution in [0.2, 0.25) is 0 Å². The van der Waals surface area contributed by atoms with Crippen molar-refractivity contribution in [3.05, 3.63) is 33.1 Å². The first kappa shape index (κ1) is 19.5. The molecule has 0 spiro atoms. The molecule has 0 aliphatic carbocycles. The van der Waals surface area contributed by atoms with E-state index in [1.807, 2.05) is 0 Å². The Morgan fingerprint density at radius 1 is 1.48 bits per heavy atom. The van der Waals surface area contributed by atoms with Crippen LogP contribution >= 0.6 is 7.60 Å². The van der Waals surface area contributed by atoms with E-state index < -0.39 is 42.9 Å². The normalized spacial score (nSPS) is 21.9. The van der Waals surface area contributed by atoms with Gasteiger partial charge in [0, 0.05) is 26.4 Å². The lowest BCUT2D eigenvalue weighted by Gasteiger charge is -2.20. The molecule has 1 aromatic rings. The highest BCUT2D eigenvalue weighted by molar-refractivity contribution is 7.53. The predicted molar refractivity (Wildman–Crippen MR) is 84.9 cm³/mol. The lowest BCUT2D eigenvalue weighted by atomic mass is 10.2. The van der Waals surface area contributed by atoms with Gasteiger partial charge in [-0.3, -0.25) is 23.3 Å². The average molecular weight is 377 g/mol. The molecule has 1 saturated heterocycles. The fraction of sp³-hybridized carbons (Fsp3) is 0.615. The van der Waals surface area contributed by atoms with Crippen molar-refractivity contribution < 1.29 is 28.6 Å². The van der Waals surface area contributed by atoms with Gasteiger partial charge in [0.2, 0.25) is 5.85 Å². The molecule has 0 radical (unpaired) electrons. The fourth-order valence-corrected chi connectivity index (χ4v) is 3.18. The summed E-state index contributed by atoms with van der Waals surface area (Å²) in [5, 5.41) is 2.13. The number of carbonyl (C=O) groups is 1. The number of amides is 1. The molecule has 1 fully saturated rings. The first-order chi connectivity index (χ1) is 11.6. The maximum Gasteiger partial charge on any atom is 0.363 e. The van der Waals surface area contributed by atoms with Gasteiger partial charge in [-0.2, -0.15) is 0 Å². The number of nitrogens with zero attached hydrogens (tertiary/aromatic N) is 2. The van der Waals surface area contributed by atoms with E-state index in [1.54, 1.807) is 0 Å². The second-order valence-corrected chi connectivity index (χ2v) is 7.23. The van der Waals surface area contributed by atoms with Crippen molar-refractivity contribution in [1.82, 2.24) is 14.5 Å². The number of nitrogens with one attached hydrogen (secondary N) is 1. The first-order valence-electron chi connectivity index (χ1n) is 7.47. The van der Waals surface area contributed by atoms with Crippen molar-refractivity contribution in [1.29, 1.82) is 0 Å². The Hall–Kier alpha value is -1.78. The first-order valence-corrected chi connectivity index (χ1v) is 9.15. The van der Waals surface area contributed by atoms with Gasteiger partial charge in [-0.25, -0.2) is 4.79 Å². The van der Waals surface area contributed by atoms with Gasteiger partial charge in [0.25, 0.3) is 11.5 Å². The molecule has 12 heteroatoms. The summed E-state index contributed by atoms with van der Waals surface area (Å²) in [6.07, 6.45) is 1.07. The second kappa shape index (κ2) is 7.63. The third-order valence-electron chi connectivity index (χ3n) is 3.83. The van der Waals surface area contributed by atoms with Crippen molar-refractivity contribution in [3.8, 4) is 0 Å². The summed E-state index contributed by atoms with van der Waals surface area (Å²) in [6, 6.07) is 1.24. The van der Waals surface area contributed by atoms with Crippen LogP contribution in [0.25, 0.3) is 0 Å². The van der Waals surface area contributed by atoms with Gasteiger partial charge in [0.05, 0.1) is 12.7 Å². The van der Waals surface area contributed by atoms with Crippen LogP contribution in [0, 0.1) is 0 Å². The highest BCUT2D eigenvalue weighted by Gasteiger charge is 2.38. The maximum absolute atomic E-state index is 12.1. The van der Waals surface area contributed by atoms with Gasteiger partial charge in [0.1, 0.15) is 6.23 Å². The molecule has 3 N–H and O–H groups in total. The number of carbonyl (C=O) groups excluding carboxylic acids is 1. The van der Waals surface area contributed by atoms with E-state index in [4.69, 9.17) is 9.47 Å². The SMILES string of the molecule is CNC(=O)C(OC[C@@H]1CC[C@H](n2ccc(=O)n(C)c2=O)O1)P(=O)(O)O. The lowest BCUT2D eigenvalue weighted by molar-refractivity contribution is -0.131. The topological polar surface area (TPSA) is 149 Å². The standard InChI is InChI=1S/C13H20N3O8P/c1-14-11(18)12(25(20,21)22)23-7-8-3-4-10(24-8)16-6-5-9(17)15(2)13(16)19/h5-6,8,10,12H,3-4,7H2,1-2H3,(H,14,18)(H2,20,21,22)/t8-,10+,12?/m0/s1. The smallest absolute Gasteiger partial charge is 0.356 e. The molecule has 2 heterocycles. The largest absolute Gasteiger partial charge is 0.363 e. The molecule has 11 nitrogen and oxygen atoms in total. The van der Waals surface area contributed by atoms with E-state index in [9.17, 15) is 28.7 Å². The summed E-state index contributed by atoms with van der Waals surface area (Å²) in [7, 11) is -2.19. The fourth-order valence-electron chi connectivity index (χ4n) is 2.47. The van der Waals surface area contributed by atoms with Gasteiger partial charge < -0.3 is 24.6 Å². The van der Waals surface area contributed by atoms with Crippen LogP contribution in [0.5, 0.6) is 0 Å². The van der Waals surface area contributed by atoms with Crippen molar-refractivity contribution >= 4 is 13.5 Å². The van der Waals surface area contributed by atoms with E-state index in [-0.39, 0.29) is 6.61 Å². The molecular formula is C13H20N3O8P. The Balaban J connectivity index is 2.03. The molecule has 3 atom stereocenters. The Bertz CT molecular complexity index is 797. The van der Waals surface area contributed by atoms with E-state index >= 15 is 0 Å². The molecule has 25 heavy (non-hydrogen) atoms.